The van der Waals surface area contributed by atoms with Gasteiger partial charge in [0.1, 0.15) is 0 Å². The van der Waals surface area contributed by atoms with Crippen LogP contribution in [0.5, 0.6) is 0 Å². The van der Waals surface area contributed by atoms with Crippen molar-refractivity contribution in [1.29, 1.82) is 0 Å². The first-order valence-corrected chi connectivity index (χ1v) is 6.22. The summed E-state index contributed by atoms with van der Waals surface area (Å²) < 4.78 is 1.32. The minimum atomic E-state index is 0.192. The largest absolute Gasteiger partial charge is 0.255 e. The van der Waals surface area contributed by atoms with Gasteiger partial charge in [-0.15, -0.1) is 11.3 Å². The first-order valence-electron chi connectivity index (χ1n) is 5.41. The fourth-order valence-electron chi connectivity index (χ4n) is 2.00. The summed E-state index contributed by atoms with van der Waals surface area (Å²) in [5.74, 6) is 0. The van der Waals surface area contributed by atoms with Gasteiger partial charge in [0, 0.05) is 11.1 Å². The van der Waals surface area contributed by atoms with E-state index in [4.69, 9.17) is 0 Å². The Morgan fingerprint density at radius 2 is 2.07 bits per heavy atom. The minimum absolute atomic E-state index is 0.192. The van der Waals surface area contributed by atoms with Gasteiger partial charge in [0.25, 0.3) is 0 Å². The predicted octanol–water partition coefficient (Wildman–Crippen LogP) is 4.16. The fraction of sp³-hybridized carbons (Fsp3) is 0.462. The third kappa shape index (κ3) is 1.78. The van der Waals surface area contributed by atoms with Crippen LogP contribution in [0.2, 0.25) is 0 Å². The molecule has 2 heteroatoms. The van der Waals surface area contributed by atoms with Crippen molar-refractivity contribution in [2.24, 2.45) is 0 Å². The van der Waals surface area contributed by atoms with E-state index >= 15 is 0 Å². The number of aryl methyl sites for hydroxylation is 1. The molecule has 2 rings (SSSR count). The van der Waals surface area contributed by atoms with E-state index in [1.807, 2.05) is 23.6 Å². The van der Waals surface area contributed by atoms with Gasteiger partial charge in [0.15, 0.2) is 0 Å². The molecule has 80 valence electrons. The standard InChI is InChI=1S/C13H17NS/c1-5-9-11(13(2,3)4)12-10(15-9)7-6-8-14-12/h6-8H,5H2,1-4H3. The van der Waals surface area contributed by atoms with Gasteiger partial charge in [-0.25, -0.2) is 0 Å². The molecule has 2 aromatic heterocycles. The highest BCUT2D eigenvalue weighted by atomic mass is 32.1. The first kappa shape index (κ1) is 10.6. The molecule has 2 heterocycles. The molecule has 0 aliphatic rings. The van der Waals surface area contributed by atoms with Crippen molar-refractivity contribution >= 4 is 21.6 Å². The lowest BCUT2D eigenvalue weighted by Gasteiger charge is -2.19. The van der Waals surface area contributed by atoms with Crippen LogP contribution in [0.4, 0.5) is 0 Å². The van der Waals surface area contributed by atoms with Crippen LogP contribution in [0.15, 0.2) is 18.3 Å². The highest BCUT2D eigenvalue weighted by Crippen LogP contribution is 2.37. The van der Waals surface area contributed by atoms with Gasteiger partial charge in [-0.05, 0) is 29.5 Å². The molecule has 0 saturated heterocycles. The van der Waals surface area contributed by atoms with E-state index < -0.39 is 0 Å². The zero-order valence-electron chi connectivity index (χ0n) is 9.79. The maximum Gasteiger partial charge on any atom is 0.0849 e. The van der Waals surface area contributed by atoms with Gasteiger partial charge in [-0.2, -0.15) is 0 Å². The maximum atomic E-state index is 4.53. The van der Waals surface area contributed by atoms with E-state index in [0.29, 0.717) is 0 Å². The van der Waals surface area contributed by atoms with Crippen LogP contribution in [0.1, 0.15) is 38.1 Å². The minimum Gasteiger partial charge on any atom is -0.255 e. The lowest BCUT2D eigenvalue weighted by molar-refractivity contribution is 0.591. The number of hydrogen-bond acceptors (Lipinski definition) is 2. The molecular formula is C13H17NS. The molecule has 0 aromatic carbocycles. The third-order valence-electron chi connectivity index (χ3n) is 2.59. The summed E-state index contributed by atoms with van der Waals surface area (Å²) in [7, 11) is 0. The number of nitrogens with zero attached hydrogens (tertiary/aromatic N) is 1. The van der Waals surface area contributed by atoms with Gasteiger partial charge in [-0.3, -0.25) is 4.98 Å². The summed E-state index contributed by atoms with van der Waals surface area (Å²) in [5, 5.41) is 0. The molecule has 0 aliphatic carbocycles. The van der Waals surface area contributed by atoms with Crippen molar-refractivity contribution in [2.45, 2.75) is 39.5 Å². The average Bonchev–Trinajstić information content (AvgIpc) is 2.54. The number of fused-ring (bicyclic) bond motifs is 1. The maximum absolute atomic E-state index is 4.53. The second-order valence-electron chi connectivity index (χ2n) is 4.85. The van der Waals surface area contributed by atoms with Gasteiger partial charge in [0.2, 0.25) is 0 Å². The van der Waals surface area contributed by atoms with Gasteiger partial charge >= 0.3 is 0 Å². The van der Waals surface area contributed by atoms with E-state index in [-0.39, 0.29) is 5.41 Å². The van der Waals surface area contributed by atoms with Gasteiger partial charge < -0.3 is 0 Å². The Kier molecular flexibility index (Phi) is 2.55. The highest BCUT2D eigenvalue weighted by Gasteiger charge is 2.23. The normalized spacial score (nSPS) is 12.3. The first-order chi connectivity index (χ1) is 7.04. The molecule has 0 radical (unpaired) electrons. The van der Waals surface area contributed by atoms with Crippen molar-refractivity contribution in [3.63, 3.8) is 0 Å². The van der Waals surface area contributed by atoms with Crippen LogP contribution in [-0.4, -0.2) is 4.98 Å². The molecule has 0 amide bonds. The molecule has 0 saturated carbocycles. The fourth-order valence-corrected chi connectivity index (χ4v) is 3.31. The monoisotopic (exact) mass is 219 g/mol. The van der Waals surface area contributed by atoms with E-state index in [9.17, 15) is 0 Å². The number of pyridine rings is 1. The molecule has 0 atom stereocenters. The number of hydrogen-bond donors (Lipinski definition) is 0. The van der Waals surface area contributed by atoms with E-state index in [1.165, 1.54) is 20.7 Å². The van der Waals surface area contributed by atoms with Crippen molar-refractivity contribution in [3.05, 3.63) is 28.8 Å². The smallest absolute Gasteiger partial charge is 0.0849 e. The Morgan fingerprint density at radius 1 is 1.33 bits per heavy atom. The second kappa shape index (κ2) is 3.60. The average molecular weight is 219 g/mol. The Labute approximate surface area is 95.2 Å². The Bertz CT molecular complexity index is 477. The van der Waals surface area contributed by atoms with Gasteiger partial charge in [-0.1, -0.05) is 27.7 Å². The van der Waals surface area contributed by atoms with Gasteiger partial charge in [0.05, 0.1) is 10.2 Å². The molecule has 15 heavy (non-hydrogen) atoms. The van der Waals surface area contributed by atoms with Crippen molar-refractivity contribution < 1.29 is 0 Å². The predicted molar refractivity (Wildman–Crippen MR) is 67.7 cm³/mol. The van der Waals surface area contributed by atoms with Crippen molar-refractivity contribution in [3.8, 4) is 0 Å². The molecule has 0 fully saturated rings. The third-order valence-corrected chi connectivity index (χ3v) is 3.88. The Morgan fingerprint density at radius 3 is 2.67 bits per heavy atom. The lowest BCUT2D eigenvalue weighted by Crippen LogP contribution is -2.12. The molecule has 1 nitrogen and oxygen atoms in total. The summed E-state index contributed by atoms with van der Waals surface area (Å²) in [6, 6.07) is 4.19. The summed E-state index contributed by atoms with van der Waals surface area (Å²) in [4.78, 5) is 6.01. The van der Waals surface area contributed by atoms with E-state index in [1.54, 1.807) is 0 Å². The Hall–Kier alpha value is -0.890. The molecular weight excluding hydrogens is 202 g/mol. The second-order valence-corrected chi connectivity index (χ2v) is 5.99. The highest BCUT2D eigenvalue weighted by molar-refractivity contribution is 7.19. The van der Waals surface area contributed by atoms with Crippen LogP contribution in [0, 0.1) is 0 Å². The SMILES string of the molecule is CCc1sc2cccnc2c1C(C)(C)C. The number of rotatable bonds is 1. The Balaban J connectivity index is 2.79. The van der Waals surface area contributed by atoms with Crippen LogP contribution in [-0.2, 0) is 11.8 Å². The molecule has 0 bridgehead atoms. The molecule has 0 spiro atoms. The number of thiophene rings is 1. The molecule has 2 aromatic rings. The number of aromatic nitrogens is 1. The summed E-state index contributed by atoms with van der Waals surface area (Å²) in [6.07, 6.45) is 3.00. The van der Waals surface area contributed by atoms with Crippen molar-refractivity contribution in [2.75, 3.05) is 0 Å². The van der Waals surface area contributed by atoms with Crippen LogP contribution in [0.25, 0.3) is 10.2 Å². The zero-order chi connectivity index (χ0) is 11.1. The van der Waals surface area contributed by atoms with E-state index in [0.717, 1.165) is 6.42 Å². The summed E-state index contributed by atoms with van der Waals surface area (Å²) in [6.45, 7) is 9.02. The van der Waals surface area contributed by atoms with Crippen LogP contribution >= 0.6 is 11.3 Å². The molecule has 0 unspecified atom stereocenters. The topological polar surface area (TPSA) is 12.9 Å². The molecule has 0 N–H and O–H groups in total. The van der Waals surface area contributed by atoms with Crippen LogP contribution in [0.3, 0.4) is 0 Å². The quantitative estimate of drug-likeness (QED) is 0.702. The summed E-state index contributed by atoms with van der Waals surface area (Å²) >= 11 is 1.89. The zero-order valence-corrected chi connectivity index (χ0v) is 10.6. The van der Waals surface area contributed by atoms with Crippen LogP contribution < -0.4 is 0 Å². The molecule has 0 aliphatic heterocycles. The summed E-state index contributed by atoms with van der Waals surface area (Å²) in [5.41, 5.74) is 2.83. The van der Waals surface area contributed by atoms with Crippen molar-refractivity contribution in [1.82, 2.24) is 4.98 Å². The van der Waals surface area contributed by atoms with E-state index in [2.05, 4.69) is 38.7 Å². The lowest BCUT2D eigenvalue weighted by atomic mass is 9.86.